The van der Waals surface area contributed by atoms with Crippen LogP contribution in [0.3, 0.4) is 0 Å². The highest BCUT2D eigenvalue weighted by Gasteiger charge is 2.42. The largest absolute Gasteiger partial charge is 0.507 e. The van der Waals surface area contributed by atoms with E-state index in [9.17, 15) is 24.4 Å². The Morgan fingerprint density at radius 2 is 1.88 bits per heavy atom. The van der Waals surface area contributed by atoms with Crippen molar-refractivity contribution in [2.45, 2.75) is 104 Å². The lowest BCUT2D eigenvalue weighted by Gasteiger charge is -2.36. The zero-order valence-corrected chi connectivity index (χ0v) is 26.5. The summed E-state index contributed by atoms with van der Waals surface area (Å²) in [5.74, 6) is -1.82. The molecule has 3 N–H and O–H groups in total. The molecule has 1 aromatic rings. The van der Waals surface area contributed by atoms with E-state index in [2.05, 4.69) is 18.6 Å². The zero-order valence-electron chi connectivity index (χ0n) is 25.6. The minimum absolute atomic E-state index is 0.0406. The summed E-state index contributed by atoms with van der Waals surface area (Å²) in [6.07, 6.45) is 5.47. The topological polar surface area (TPSA) is 131 Å². The minimum Gasteiger partial charge on any atom is -0.507 e. The van der Waals surface area contributed by atoms with Gasteiger partial charge in [0, 0.05) is 16.9 Å². The maximum Gasteiger partial charge on any atom is 0.424 e. The molecule has 0 fully saturated rings. The van der Waals surface area contributed by atoms with Gasteiger partial charge in [0.2, 0.25) is 0 Å². The van der Waals surface area contributed by atoms with Crippen LogP contribution in [0.5, 0.6) is 11.5 Å². The lowest BCUT2D eigenvalue weighted by molar-refractivity contribution is -0.149. The number of rotatable bonds is 15. The second-order valence-corrected chi connectivity index (χ2v) is 13.1. The van der Waals surface area contributed by atoms with Crippen molar-refractivity contribution in [3.63, 3.8) is 0 Å². The lowest BCUT2D eigenvalue weighted by Crippen LogP contribution is -2.37. The van der Waals surface area contributed by atoms with Crippen LogP contribution in [-0.4, -0.2) is 61.7 Å². The van der Waals surface area contributed by atoms with E-state index in [0.717, 1.165) is 24.8 Å². The number of phenolic OH excluding ortho intramolecular Hbond substituents is 1. The van der Waals surface area contributed by atoms with Gasteiger partial charge in [0.15, 0.2) is 0 Å². The van der Waals surface area contributed by atoms with Crippen LogP contribution in [0, 0.1) is 5.92 Å². The molecular formula is C30H44B2NO8P. The van der Waals surface area contributed by atoms with Gasteiger partial charge in [-0.1, -0.05) is 43.6 Å². The molecule has 0 saturated heterocycles. The number of unbranched alkanes of at least 4 members (excludes halogenated alkanes) is 2. The monoisotopic (exact) mass is 599 g/mol. The number of benzene rings is 1. The van der Waals surface area contributed by atoms with Crippen molar-refractivity contribution < 1.29 is 38.4 Å². The van der Waals surface area contributed by atoms with E-state index in [4.69, 9.17) is 29.7 Å². The van der Waals surface area contributed by atoms with Crippen molar-refractivity contribution in [2.75, 3.05) is 6.61 Å². The van der Waals surface area contributed by atoms with E-state index in [1.807, 2.05) is 6.92 Å². The van der Waals surface area contributed by atoms with Crippen LogP contribution in [0.25, 0.3) is 0 Å². The number of allylic oxidation sites excluding steroid dienone is 2. The molecule has 1 aliphatic rings. The van der Waals surface area contributed by atoms with E-state index in [0.29, 0.717) is 30.4 Å². The molecular weight excluding hydrogens is 555 g/mol. The first kappa shape index (κ1) is 35.7. The van der Waals surface area contributed by atoms with E-state index >= 15 is 0 Å². The minimum atomic E-state index is -4.61. The summed E-state index contributed by atoms with van der Waals surface area (Å²) in [5, 5.41) is 22.2. The molecule has 9 nitrogen and oxygen atoms in total. The third-order valence-corrected chi connectivity index (χ3v) is 8.86. The second-order valence-electron chi connectivity index (χ2n) is 11.2. The maximum atomic E-state index is 14.2. The van der Waals surface area contributed by atoms with Crippen LogP contribution in [0.1, 0.15) is 90.7 Å². The summed E-state index contributed by atoms with van der Waals surface area (Å²) in [6, 6.07) is 2.04. The van der Waals surface area contributed by atoms with Crippen molar-refractivity contribution in [1.82, 2.24) is 5.09 Å². The van der Waals surface area contributed by atoms with Gasteiger partial charge in [0.05, 0.1) is 12.7 Å². The second kappa shape index (κ2) is 15.3. The quantitative estimate of drug-likeness (QED) is 0.0757. The Morgan fingerprint density at radius 1 is 1.21 bits per heavy atom. The first-order chi connectivity index (χ1) is 19.5. The van der Waals surface area contributed by atoms with E-state index < -0.39 is 42.7 Å². The van der Waals surface area contributed by atoms with Crippen molar-refractivity contribution in [1.29, 1.82) is 0 Å². The molecule has 0 bridgehead atoms. The molecule has 0 amide bonds. The van der Waals surface area contributed by atoms with Gasteiger partial charge >= 0.3 is 19.2 Å². The molecule has 0 spiro atoms. The Morgan fingerprint density at radius 3 is 2.43 bits per heavy atom. The molecule has 0 heterocycles. The third-order valence-electron chi connectivity index (χ3n) is 7.07. The number of carbonyl (C=O) groups excluding carboxylic acids is 2. The Hall–Kier alpha value is -2.48. The average Bonchev–Trinajstić information content (AvgIpc) is 2.87. The summed E-state index contributed by atoms with van der Waals surface area (Å²) < 4.78 is 30.5. The maximum absolute atomic E-state index is 14.2. The molecule has 1 aliphatic carbocycles. The highest BCUT2D eigenvalue weighted by molar-refractivity contribution is 7.74. The van der Waals surface area contributed by atoms with Crippen molar-refractivity contribution in [3.05, 3.63) is 47.1 Å². The summed E-state index contributed by atoms with van der Waals surface area (Å²) in [4.78, 5) is 25.7. The lowest BCUT2D eigenvalue weighted by atomic mass is 9.57. The summed E-state index contributed by atoms with van der Waals surface area (Å²) >= 11 is 0. The average molecular weight is 599 g/mol. The van der Waals surface area contributed by atoms with Crippen molar-refractivity contribution >= 4 is 34.9 Å². The van der Waals surface area contributed by atoms with Gasteiger partial charge in [0.25, 0.3) is 0 Å². The van der Waals surface area contributed by atoms with Crippen molar-refractivity contribution in [3.8, 4) is 11.5 Å². The first-order valence-corrected chi connectivity index (χ1v) is 16.1. The SMILES string of the molecule is [B]C([B])(O)C1=CC(c2c(O)cc(CCCCC)cc2OP(=O)(NC(C)C(=O)OC(C)C)C(=O)OCC)C(C(=C)C)CC1. The summed E-state index contributed by atoms with van der Waals surface area (Å²) in [6.45, 7) is 14.2. The molecule has 4 unspecified atom stereocenters. The number of hydrogen-bond acceptors (Lipinski definition) is 8. The third kappa shape index (κ3) is 9.51. The fourth-order valence-corrected chi connectivity index (χ4v) is 6.56. The molecule has 4 radical (unpaired) electrons. The van der Waals surface area contributed by atoms with Crippen LogP contribution in [0.2, 0.25) is 0 Å². The number of aryl methyl sites for hydroxylation is 1. The number of ether oxygens (including phenoxy) is 2. The number of hydrogen-bond donors (Lipinski definition) is 3. The fourth-order valence-electron chi connectivity index (χ4n) is 4.98. The van der Waals surface area contributed by atoms with E-state index in [-0.39, 0.29) is 29.6 Å². The van der Waals surface area contributed by atoms with Gasteiger partial charge in [-0.3, -0.25) is 4.79 Å². The summed E-state index contributed by atoms with van der Waals surface area (Å²) in [5.41, 5.74) is 0.864. The number of carbonyl (C=O) groups is 2. The molecule has 0 aliphatic heterocycles. The fraction of sp³-hybridized carbons (Fsp3) is 0.600. The standard InChI is InChI=1S/C30H44B2NO8P/c1-8-10-11-12-21-15-25(34)27(24-17-22(30(31,32)37)13-14-23(24)18(3)4)26(16-21)41-42(38,29(36)39-9-2)33-20(7)28(35)40-19(5)6/h15-17,19-20,23-24,34,37H,3,8-14H2,1-2,4-7H3,(H,33,38). The van der Waals surface area contributed by atoms with Gasteiger partial charge in [-0.15, -0.1) is 0 Å². The first-order valence-electron chi connectivity index (χ1n) is 14.5. The molecule has 12 heteroatoms. The number of phenols is 1. The van der Waals surface area contributed by atoms with Crippen molar-refractivity contribution in [2.24, 2.45) is 5.92 Å². The smallest absolute Gasteiger partial charge is 0.424 e. The molecule has 4 atom stereocenters. The number of aromatic hydroxyl groups is 1. The normalized spacial score (nSPS) is 19.4. The molecule has 228 valence electrons. The molecule has 1 aromatic carbocycles. The Labute approximate surface area is 252 Å². The Bertz CT molecular complexity index is 1210. The van der Waals surface area contributed by atoms with Crippen LogP contribution >= 0.6 is 7.52 Å². The molecule has 0 aromatic heterocycles. The number of aliphatic hydroxyl groups is 1. The van der Waals surface area contributed by atoms with Gasteiger partial charge in [-0.2, -0.15) is 0 Å². The highest BCUT2D eigenvalue weighted by Crippen LogP contribution is 2.53. The van der Waals surface area contributed by atoms with E-state index in [1.54, 1.807) is 39.0 Å². The van der Waals surface area contributed by atoms with Gasteiger partial charge < -0.3 is 24.2 Å². The number of esters is 1. The Balaban J connectivity index is 2.75. The Kier molecular flexibility index (Phi) is 13.0. The van der Waals surface area contributed by atoms with Gasteiger partial charge in [-0.25, -0.2) is 14.4 Å². The van der Waals surface area contributed by atoms with E-state index in [1.165, 1.54) is 6.92 Å². The summed E-state index contributed by atoms with van der Waals surface area (Å²) in [7, 11) is 7.04. The van der Waals surface area contributed by atoms with Gasteiger partial charge in [-0.05, 0) is 83.9 Å². The molecule has 42 heavy (non-hydrogen) atoms. The predicted molar refractivity (Wildman–Crippen MR) is 165 cm³/mol. The van der Waals surface area contributed by atoms with Crippen LogP contribution in [0.15, 0.2) is 35.9 Å². The predicted octanol–water partition coefficient (Wildman–Crippen LogP) is 5.76. The number of nitrogens with one attached hydrogen (secondary N) is 1. The van der Waals surface area contributed by atoms with Crippen LogP contribution < -0.4 is 9.61 Å². The van der Waals surface area contributed by atoms with Gasteiger partial charge in [0.1, 0.15) is 33.2 Å². The van der Waals surface area contributed by atoms with Crippen LogP contribution in [0.4, 0.5) is 4.79 Å². The zero-order chi connectivity index (χ0) is 31.8. The molecule has 0 saturated carbocycles. The molecule has 2 rings (SSSR count). The highest BCUT2D eigenvalue weighted by atomic mass is 31.2. The van der Waals surface area contributed by atoms with Crippen LogP contribution in [-0.2, 0) is 25.3 Å².